The molecule has 26 heavy (non-hydrogen) atoms. The molecule has 0 spiro atoms. The lowest BCUT2D eigenvalue weighted by Gasteiger charge is -2.44. The van der Waals surface area contributed by atoms with Crippen molar-refractivity contribution in [1.82, 2.24) is 15.1 Å². The van der Waals surface area contributed by atoms with Crippen molar-refractivity contribution < 1.29 is 14.3 Å². The highest BCUT2D eigenvalue weighted by Gasteiger charge is 2.50. The fourth-order valence-corrected chi connectivity index (χ4v) is 4.45. The first-order valence-corrected chi connectivity index (χ1v) is 9.30. The van der Waals surface area contributed by atoms with Gasteiger partial charge in [0.25, 0.3) is 0 Å². The van der Waals surface area contributed by atoms with Crippen molar-refractivity contribution >= 4 is 11.8 Å². The van der Waals surface area contributed by atoms with Gasteiger partial charge in [0.1, 0.15) is 5.75 Å². The fraction of sp³-hybridized carbons (Fsp3) is 0.600. The number of benzene rings is 1. The van der Waals surface area contributed by atoms with Crippen LogP contribution in [0.4, 0.5) is 0 Å². The van der Waals surface area contributed by atoms with E-state index in [0.29, 0.717) is 18.9 Å². The molecule has 3 rings (SSSR count). The zero-order chi connectivity index (χ0) is 18.7. The van der Waals surface area contributed by atoms with Crippen molar-refractivity contribution in [2.45, 2.75) is 31.7 Å². The molecule has 6 heteroatoms. The van der Waals surface area contributed by atoms with Crippen molar-refractivity contribution in [3.63, 3.8) is 0 Å². The lowest BCUT2D eigenvalue weighted by Crippen LogP contribution is -2.64. The molecule has 0 aromatic heterocycles. The largest absolute Gasteiger partial charge is 0.497 e. The monoisotopic (exact) mass is 359 g/mol. The first-order chi connectivity index (χ1) is 12.4. The molecule has 0 unspecified atom stereocenters. The number of fused-ring (bicyclic) bond motifs is 1. The summed E-state index contributed by atoms with van der Waals surface area (Å²) in [5.41, 5.74) is 0.834. The zero-order valence-corrected chi connectivity index (χ0v) is 16.0. The SMILES string of the molecule is COc1ccc(CCC(=O)N2CC[C@@H]3CN(C)C[C@]3(NC(C)=O)C2)cc1. The fourth-order valence-electron chi connectivity index (χ4n) is 4.45. The van der Waals surface area contributed by atoms with Crippen LogP contribution in [0.2, 0.25) is 0 Å². The maximum atomic E-state index is 12.8. The summed E-state index contributed by atoms with van der Waals surface area (Å²) >= 11 is 0. The molecule has 1 N–H and O–H groups in total. The first kappa shape index (κ1) is 18.7. The summed E-state index contributed by atoms with van der Waals surface area (Å²) in [7, 11) is 3.73. The van der Waals surface area contributed by atoms with E-state index in [1.165, 1.54) is 0 Å². The lowest BCUT2D eigenvalue weighted by molar-refractivity contribution is -0.136. The summed E-state index contributed by atoms with van der Waals surface area (Å²) in [5, 5.41) is 3.17. The van der Waals surface area contributed by atoms with Gasteiger partial charge in [-0.2, -0.15) is 0 Å². The Hall–Kier alpha value is -2.08. The van der Waals surface area contributed by atoms with Crippen LogP contribution in [0.3, 0.4) is 0 Å². The highest BCUT2D eigenvalue weighted by molar-refractivity contribution is 5.77. The van der Waals surface area contributed by atoms with Crippen LogP contribution in [-0.4, -0.2) is 67.5 Å². The Kier molecular flexibility index (Phi) is 5.51. The van der Waals surface area contributed by atoms with Crippen molar-refractivity contribution in [3.05, 3.63) is 29.8 Å². The van der Waals surface area contributed by atoms with Crippen molar-refractivity contribution in [2.75, 3.05) is 40.3 Å². The molecule has 2 atom stereocenters. The van der Waals surface area contributed by atoms with Crippen molar-refractivity contribution in [1.29, 1.82) is 0 Å². The number of hydrogen-bond donors (Lipinski definition) is 1. The van der Waals surface area contributed by atoms with E-state index in [0.717, 1.165) is 43.8 Å². The van der Waals surface area contributed by atoms with Gasteiger partial charge in [0.2, 0.25) is 11.8 Å². The van der Waals surface area contributed by atoms with E-state index in [1.807, 2.05) is 29.2 Å². The summed E-state index contributed by atoms with van der Waals surface area (Å²) < 4.78 is 5.17. The van der Waals surface area contributed by atoms with E-state index in [2.05, 4.69) is 17.3 Å². The number of likely N-dealkylation sites (N-methyl/N-ethyl adjacent to an activating group) is 1. The Labute approximate surface area is 155 Å². The van der Waals surface area contributed by atoms with Crippen LogP contribution in [0, 0.1) is 5.92 Å². The van der Waals surface area contributed by atoms with Gasteiger partial charge in [-0.15, -0.1) is 0 Å². The second kappa shape index (κ2) is 7.66. The highest BCUT2D eigenvalue weighted by atomic mass is 16.5. The number of amides is 2. The molecule has 0 aliphatic carbocycles. The Morgan fingerprint density at radius 1 is 1.27 bits per heavy atom. The number of hydrogen-bond acceptors (Lipinski definition) is 4. The number of carbonyl (C=O) groups is 2. The van der Waals surface area contributed by atoms with E-state index in [9.17, 15) is 9.59 Å². The Balaban J connectivity index is 1.61. The van der Waals surface area contributed by atoms with E-state index >= 15 is 0 Å². The number of rotatable bonds is 5. The van der Waals surface area contributed by atoms with E-state index in [-0.39, 0.29) is 17.4 Å². The van der Waals surface area contributed by atoms with Crippen LogP contribution in [0.5, 0.6) is 5.75 Å². The van der Waals surface area contributed by atoms with E-state index in [1.54, 1.807) is 14.0 Å². The molecule has 142 valence electrons. The average Bonchev–Trinajstić information content (AvgIpc) is 2.93. The van der Waals surface area contributed by atoms with Crippen LogP contribution in [-0.2, 0) is 16.0 Å². The number of methoxy groups -OCH3 is 1. The quantitative estimate of drug-likeness (QED) is 0.861. The van der Waals surface area contributed by atoms with E-state index < -0.39 is 0 Å². The molecule has 0 saturated carbocycles. The van der Waals surface area contributed by atoms with Crippen LogP contribution >= 0.6 is 0 Å². The molecule has 2 saturated heterocycles. The van der Waals surface area contributed by atoms with Gasteiger partial charge in [0.15, 0.2) is 0 Å². The topological polar surface area (TPSA) is 61.9 Å². The molecular formula is C20H29N3O3. The minimum Gasteiger partial charge on any atom is -0.497 e. The van der Waals surface area contributed by atoms with Gasteiger partial charge in [-0.25, -0.2) is 0 Å². The normalized spacial score (nSPS) is 25.7. The maximum Gasteiger partial charge on any atom is 0.222 e. The average molecular weight is 359 g/mol. The van der Waals surface area contributed by atoms with Crippen molar-refractivity contribution in [3.8, 4) is 5.75 Å². The summed E-state index contributed by atoms with van der Waals surface area (Å²) in [6, 6.07) is 7.85. The zero-order valence-electron chi connectivity index (χ0n) is 16.0. The third-order valence-corrected chi connectivity index (χ3v) is 5.65. The molecule has 2 aliphatic heterocycles. The van der Waals surface area contributed by atoms with Crippen LogP contribution in [0.1, 0.15) is 25.3 Å². The molecule has 1 aromatic carbocycles. The predicted molar refractivity (Wildman–Crippen MR) is 100 cm³/mol. The van der Waals surface area contributed by atoms with Gasteiger partial charge < -0.3 is 19.9 Å². The maximum absolute atomic E-state index is 12.8. The molecule has 2 amide bonds. The van der Waals surface area contributed by atoms with Crippen LogP contribution in [0.25, 0.3) is 0 Å². The Morgan fingerprint density at radius 3 is 2.65 bits per heavy atom. The molecule has 0 radical (unpaired) electrons. The number of ether oxygens (including phenoxy) is 1. The van der Waals surface area contributed by atoms with Gasteiger partial charge in [0, 0.05) is 39.5 Å². The summed E-state index contributed by atoms with van der Waals surface area (Å²) in [6.45, 7) is 4.74. The van der Waals surface area contributed by atoms with Gasteiger partial charge in [-0.3, -0.25) is 9.59 Å². The molecule has 0 bridgehead atoms. The number of likely N-dealkylation sites (tertiary alicyclic amines) is 2. The van der Waals surface area contributed by atoms with Crippen molar-refractivity contribution in [2.24, 2.45) is 5.92 Å². The summed E-state index contributed by atoms with van der Waals surface area (Å²) in [6.07, 6.45) is 2.15. The standard InChI is InChI=1S/C20H29N3O3/c1-15(24)21-20-13-22(2)12-17(20)10-11-23(14-20)19(25)9-6-16-4-7-18(26-3)8-5-16/h4-5,7-8,17H,6,9-14H2,1-3H3,(H,21,24)/t17-,20+/m1/s1. The third-order valence-electron chi connectivity index (χ3n) is 5.65. The number of piperidine rings is 1. The molecule has 1 aromatic rings. The van der Waals surface area contributed by atoms with E-state index in [4.69, 9.17) is 4.74 Å². The summed E-state index contributed by atoms with van der Waals surface area (Å²) in [5.74, 6) is 1.39. The molecular weight excluding hydrogens is 330 g/mol. The van der Waals surface area contributed by atoms with Gasteiger partial charge >= 0.3 is 0 Å². The smallest absolute Gasteiger partial charge is 0.222 e. The van der Waals surface area contributed by atoms with Crippen LogP contribution in [0.15, 0.2) is 24.3 Å². The van der Waals surface area contributed by atoms with Gasteiger partial charge in [-0.05, 0) is 43.5 Å². The number of nitrogens with zero attached hydrogens (tertiary/aromatic N) is 2. The summed E-state index contributed by atoms with van der Waals surface area (Å²) in [4.78, 5) is 28.7. The van der Waals surface area contributed by atoms with Gasteiger partial charge in [-0.1, -0.05) is 12.1 Å². The Morgan fingerprint density at radius 2 is 2.00 bits per heavy atom. The number of carbonyl (C=O) groups excluding carboxylic acids is 2. The second-order valence-corrected chi connectivity index (χ2v) is 7.68. The third kappa shape index (κ3) is 4.01. The minimum absolute atomic E-state index is 0.0159. The second-order valence-electron chi connectivity index (χ2n) is 7.68. The lowest BCUT2D eigenvalue weighted by atomic mass is 9.80. The first-order valence-electron chi connectivity index (χ1n) is 9.30. The molecule has 2 fully saturated rings. The van der Waals surface area contributed by atoms with Gasteiger partial charge in [0.05, 0.1) is 12.6 Å². The molecule has 6 nitrogen and oxygen atoms in total. The highest BCUT2D eigenvalue weighted by Crippen LogP contribution is 2.34. The molecule has 2 heterocycles. The minimum atomic E-state index is -0.297. The number of aryl methyl sites for hydroxylation is 1. The molecule has 2 aliphatic rings. The van der Waals surface area contributed by atoms with Crippen LogP contribution < -0.4 is 10.1 Å². The number of nitrogens with one attached hydrogen (secondary N) is 1. The predicted octanol–water partition coefficient (Wildman–Crippen LogP) is 1.30. The Bertz CT molecular complexity index is 661.